The Hall–Kier alpha value is -1.50. The summed E-state index contributed by atoms with van der Waals surface area (Å²) >= 11 is 0. The third kappa shape index (κ3) is 18.6. The summed E-state index contributed by atoms with van der Waals surface area (Å²) in [6, 6.07) is 16.0. The Morgan fingerprint density at radius 3 is 1.10 bits per heavy atom. The minimum atomic E-state index is 1.22. The summed E-state index contributed by atoms with van der Waals surface area (Å²) in [5.74, 6) is 0. The lowest BCUT2D eigenvalue weighted by Gasteiger charge is -2.25. The average molecular weight is 564 g/mol. The summed E-state index contributed by atoms with van der Waals surface area (Å²) in [5, 5.41) is 2.74. The number of benzene rings is 2. The largest absolute Gasteiger partial charge is 0.372 e. The third-order valence-electron chi connectivity index (χ3n) is 9.16. The first-order chi connectivity index (χ1) is 20.3. The second kappa shape index (κ2) is 26.2. The number of rotatable bonds is 29. The Balaban J connectivity index is 1.59. The van der Waals surface area contributed by atoms with Crippen LogP contribution in [0, 0.1) is 0 Å². The average Bonchev–Trinajstić information content (AvgIpc) is 3.00. The van der Waals surface area contributed by atoms with Crippen LogP contribution in [0.5, 0.6) is 0 Å². The molecule has 1 nitrogen and oxygen atoms in total. The van der Waals surface area contributed by atoms with Crippen molar-refractivity contribution in [2.75, 3.05) is 18.0 Å². The van der Waals surface area contributed by atoms with Crippen molar-refractivity contribution in [1.29, 1.82) is 0 Å². The van der Waals surface area contributed by atoms with Crippen LogP contribution in [0.3, 0.4) is 0 Å². The number of anilines is 1. The van der Waals surface area contributed by atoms with Crippen LogP contribution in [0.4, 0.5) is 5.69 Å². The van der Waals surface area contributed by atoms with Crippen molar-refractivity contribution in [1.82, 2.24) is 0 Å². The van der Waals surface area contributed by atoms with Crippen LogP contribution in [0.15, 0.2) is 42.5 Å². The summed E-state index contributed by atoms with van der Waals surface area (Å²) in [7, 11) is 0. The fourth-order valence-electron chi connectivity index (χ4n) is 6.38. The first-order valence-corrected chi connectivity index (χ1v) is 18.6. The van der Waals surface area contributed by atoms with Crippen LogP contribution >= 0.6 is 0 Å². The number of unbranched alkanes of at least 4 members (excludes halogenated alkanes) is 24. The van der Waals surface area contributed by atoms with Crippen LogP contribution in [0.2, 0.25) is 0 Å². The van der Waals surface area contributed by atoms with Crippen LogP contribution in [-0.4, -0.2) is 13.1 Å². The van der Waals surface area contributed by atoms with E-state index < -0.39 is 0 Å². The fourth-order valence-corrected chi connectivity index (χ4v) is 6.38. The topological polar surface area (TPSA) is 3.24 Å². The number of hydrogen-bond donors (Lipinski definition) is 0. The van der Waals surface area contributed by atoms with Crippen molar-refractivity contribution in [3.8, 4) is 0 Å². The molecule has 2 aromatic carbocycles. The first kappa shape index (κ1) is 35.7. The van der Waals surface area contributed by atoms with Crippen LogP contribution < -0.4 is 4.90 Å². The van der Waals surface area contributed by atoms with Gasteiger partial charge in [0.2, 0.25) is 0 Å². The molecule has 0 saturated heterocycles. The van der Waals surface area contributed by atoms with E-state index in [0.717, 1.165) is 0 Å². The molecule has 0 aliphatic carbocycles. The smallest absolute Gasteiger partial charge is 0.0372 e. The van der Waals surface area contributed by atoms with E-state index >= 15 is 0 Å². The lowest BCUT2D eigenvalue weighted by atomic mass is 10.0. The molecule has 0 unspecified atom stereocenters. The maximum atomic E-state index is 2.70. The van der Waals surface area contributed by atoms with Crippen LogP contribution in [0.1, 0.15) is 181 Å². The Labute approximate surface area is 257 Å². The molecule has 2 aromatic rings. The van der Waals surface area contributed by atoms with Gasteiger partial charge in [-0.25, -0.2) is 0 Å². The molecular formula is C40H69N. The molecule has 1 heteroatoms. The molecule has 0 saturated carbocycles. The van der Waals surface area contributed by atoms with Crippen LogP contribution in [0.25, 0.3) is 10.8 Å². The molecule has 0 radical (unpaired) electrons. The first-order valence-electron chi connectivity index (χ1n) is 18.6. The van der Waals surface area contributed by atoms with Gasteiger partial charge >= 0.3 is 0 Å². The van der Waals surface area contributed by atoms with Gasteiger partial charge in [0.15, 0.2) is 0 Å². The number of hydrogen-bond acceptors (Lipinski definition) is 1. The second-order valence-electron chi connectivity index (χ2n) is 13.0. The van der Waals surface area contributed by atoms with Gasteiger partial charge in [0.1, 0.15) is 0 Å². The molecule has 0 aliphatic heterocycles. The highest BCUT2D eigenvalue weighted by Crippen LogP contribution is 2.24. The zero-order valence-corrected chi connectivity index (χ0v) is 27.8. The van der Waals surface area contributed by atoms with E-state index in [1.165, 1.54) is 196 Å². The molecule has 0 aromatic heterocycles. The van der Waals surface area contributed by atoms with Crippen molar-refractivity contribution in [2.45, 2.75) is 181 Å². The standard InChI is InChI=1S/C40H69N/c1-3-5-7-9-11-13-15-17-19-21-23-25-29-35-41(40-34-33-38-31-27-28-32-39(38)37-40)36-30-26-24-22-20-18-16-14-12-10-8-6-4-2/h27-28,31-34,37H,3-26,29-30,35-36H2,1-2H3. The highest BCUT2D eigenvalue weighted by Gasteiger charge is 2.08. The zero-order chi connectivity index (χ0) is 29.1. The molecule has 0 heterocycles. The maximum Gasteiger partial charge on any atom is 0.0372 e. The van der Waals surface area contributed by atoms with Gasteiger partial charge in [0.25, 0.3) is 0 Å². The molecule has 0 N–H and O–H groups in total. The summed E-state index contributed by atoms with van der Waals surface area (Å²) in [6.07, 6.45) is 37.1. The van der Waals surface area contributed by atoms with Gasteiger partial charge in [0.05, 0.1) is 0 Å². The van der Waals surface area contributed by atoms with Crippen molar-refractivity contribution in [3.05, 3.63) is 42.5 Å². The summed E-state index contributed by atoms with van der Waals surface area (Å²) in [5.41, 5.74) is 1.43. The highest BCUT2D eigenvalue weighted by molar-refractivity contribution is 5.85. The van der Waals surface area contributed by atoms with Gasteiger partial charge in [-0.3, -0.25) is 0 Å². The molecule has 0 spiro atoms. The maximum absolute atomic E-state index is 2.70. The Bertz CT molecular complexity index is 796. The molecule has 234 valence electrons. The minimum absolute atomic E-state index is 1.22. The van der Waals surface area contributed by atoms with Crippen molar-refractivity contribution >= 4 is 16.5 Å². The molecule has 41 heavy (non-hydrogen) atoms. The molecule has 0 atom stereocenters. The van der Waals surface area contributed by atoms with Crippen molar-refractivity contribution < 1.29 is 0 Å². The fraction of sp³-hybridized carbons (Fsp3) is 0.750. The number of nitrogens with zero attached hydrogens (tertiary/aromatic N) is 1. The quantitative estimate of drug-likeness (QED) is 0.0890. The Morgan fingerprint density at radius 1 is 0.366 bits per heavy atom. The lowest BCUT2D eigenvalue weighted by Crippen LogP contribution is -2.25. The van der Waals surface area contributed by atoms with Gasteiger partial charge in [-0.2, -0.15) is 0 Å². The van der Waals surface area contributed by atoms with E-state index in [4.69, 9.17) is 0 Å². The zero-order valence-electron chi connectivity index (χ0n) is 27.8. The summed E-state index contributed by atoms with van der Waals surface area (Å²) < 4.78 is 0. The molecular weight excluding hydrogens is 494 g/mol. The lowest BCUT2D eigenvalue weighted by molar-refractivity contribution is 0.531. The molecule has 0 amide bonds. The van der Waals surface area contributed by atoms with Crippen molar-refractivity contribution in [3.63, 3.8) is 0 Å². The monoisotopic (exact) mass is 564 g/mol. The summed E-state index contributed by atoms with van der Waals surface area (Å²) in [6.45, 7) is 7.05. The van der Waals surface area contributed by atoms with E-state index in [9.17, 15) is 0 Å². The Kier molecular flexibility index (Phi) is 22.8. The predicted octanol–water partition coefficient (Wildman–Crippen LogP) is 13.8. The van der Waals surface area contributed by atoms with E-state index in [0.29, 0.717) is 0 Å². The van der Waals surface area contributed by atoms with E-state index in [1.54, 1.807) is 0 Å². The minimum Gasteiger partial charge on any atom is -0.372 e. The normalized spacial score (nSPS) is 11.5. The van der Waals surface area contributed by atoms with Crippen LogP contribution in [-0.2, 0) is 0 Å². The van der Waals surface area contributed by atoms with Gasteiger partial charge in [-0.05, 0) is 35.7 Å². The second-order valence-corrected chi connectivity index (χ2v) is 13.0. The predicted molar refractivity (Wildman–Crippen MR) is 188 cm³/mol. The highest BCUT2D eigenvalue weighted by atomic mass is 15.1. The number of fused-ring (bicyclic) bond motifs is 1. The van der Waals surface area contributed by atoms with Gasteiger partial charge < -0.3 is 4.90 Å². The van der Waals surface area contributed by atoms with Gasteiger partial charge in [0, 0.05) is 18.8 Å². The third-order valence-corrected chi connectivity index (χ3v) is 9.16. The molecule has 2 rings (SSSR count). The summed E-state index contributed by atoms with van der Waals surface area (Å²) in [4.78, 5) is 2.70. The van der Waals surface area contributed by atoms with E-state index in [-0.39, 0.29) is 0 Å². The van der Waals surface area contributed by atoms with E-state index in [1.807, 2.05) is 0 Å². The molecule has 0 fully saturated rings. The van der Waals surface area contributed by atoms with Gasteiger partial charge in [-0.1, -0.05) is 198 Å². The molecule has 0 aliphatic rings. The molecule has 0 bridgehead atoms. The SMILES string of the molecule is CCCCCCCCCCCCCCCN(CCCCCCCCCCCCCCC)c1ccc2ccccc2c1. The Morgan fingerprint density at radius 2 is 0.707 bits per heavy atom. The van der Waals surface area contributed by atoms with Crippen molar-refractivity contribution in [2.24, 2.45) is 0 Å². The van der Waals surface area contributed by atoms with Gasteiger partial charge in [-0.15, -0.1) is 0 Å². The van der Waals surface area contributed by atoms with E-state index in [2.05, 4.69) is 61.2 Å².